The number of aliphatic hydroxyl groups excluding tert-OH is 2. The predicted octanol–water partition coefficient (Wildman–Crippen LogP) is 1.38. The van der Waals surface area contributed by atoms with Crippen LogP contribution in [0.4, 0.5) is 0 Å². The molecule has 0 spiro atoms. The quantitative estimate of drug-likeness (QED) is 0.455. The first-order chi connectivity index (χ1) is 10.7. The molecule has 118 valence electrons. The fourth-order valence-electron chi connectivity index (χ4n) is 2.52. The Kier molecular flexibility index (Phi) is 3.83. The molecule has 7 nitrogen and oxygen atoms in total. The Balaban J connectivity index is 0.00000156. The monoisotopic (exact) mass is 312 g/mol. The summed E-state index contributed by atoms with van der Waals surface area (Å²) in [7, 11) is 0. The molecule has 0 aliphatic heterocycles. The third-order valence-corrected chi connectivity index (χ3v) is 3.67. The second-order valence-electron chi connectivity index (χ2n) is 5.17. The van der Waals surface area contributed by atoms with E-state index in [4.69, 9.17) is 0 Å². The van der Waals surface area contributed by atoms with Gasteiger partial charge in [-0.1, -0.05) is 24.3 Å². The van der Waals surface area contributed by atoms with Gasteiger partial charge in [0.2, 0.25) is 0 Å². The molecule has 6 N–H and O–H groups in total. The van der Waals surface area contributed by atoms with Crippen LogP contribution in [0.1, 0.15) is 23.9 Å². The molecule has 0 aliphatic rings. The van der Waals surface area contributed by atoms with E-state index in [9.17, 15) is 10.2 Å². The van der Waals surface area contributed by atoms with Crippen molar-refractivity contribution in [3.63, 3.8) is 0 Å². The minimum atomic E-state index is -1.19. The van der Waals surface area contributed by atoms with Gasteiger partial charge in [-0.05, 0) is 24.3 Å². The normalized spacial score (nSPS) is 13.8. The molecule has 2 aromatic heterocycles. The van der Waals surface area contributed by atoms with Gasteiger partial charge < -0.3 is 25.7 Å². The maximum atomic E-state index is 10.4. The Morgan fingerprint density at radius 1 is 0.696 bits per heavy atom. The molecular weight excluding hydrogens is 296 g/mol. The number of aromatic amines is 2. The van der Waals surface area contributed by atoms with E-state index in [2.05, 4.69) is 19.9 Å². The lowest BCUT2D eigenvalue weighted by Gasteiger charge is -2.13. The van der Waals surface area contributed by atoms with Crippen LogP contribution in [0.3, 0.4) is 0 Å². The Morgan fingerprint density at radius 2 is 1.09 bits per heavy atom. The van der Waals surface area contributed by atoms with Crippen LogP contribution in [0.5, 0.6) is 0 Å². The van der Waals surface area contributed by atoms with Gasteiger partial charge in [-0.15, -0.1) is 0 Å². The summed E-state index contributed by atoms with van der Waals surface area (Å²) in [5.74, 6) is 0.628. The molecule has 2 atom stereocenters. The number of imidazole rings is 2. The van der Waals surface area contributed by atoms with E-state index in [0.717, 1.165) is 22.1 Å². The second-order valence-corrected chi connectivity index (χ2v) is 5.17. The van der Waals surface area contributed by atoms with Gasteiger partial charge in [0.15, 0.2) is 0 Å². The van der Waals surface area contributed by atoms with E-state index < -0.39 is 12.2 Å². The number of para-hydroxylation sites is 4. The van der Waals surface area contributed by atoms with Crippen molar-refractivity contribution in [2.75, 3.05) is 0 Å². The first kappa shape index (κ1) is 15.2. The largest absolute Gasteiger partial charge is 0.412 e. The van der Waals surface area contributed by atoms with Gasteiger partial charge in [0.1, 0.15) is 23.9 Å². The molecule has 0 radical (unpaired) electrons. The van der Waals surface area contributed by atoms with Gasteiger partial charge in [-0.3, -0.25) is 0 Å². The number of rotatable bonds is 3. The third kappa shape index (κ3) is 2.57. The standard InChI is InChI=1S/C16H14N4O2.H2O/c21-13(15-17-9-5-1-2-6-10(9)18-15)14(22)16-19-11-7-3-4-8-12(11)20-16;/h1-8,13-14,21-22H,(H,17,18)(H,19,20);1H2. The van der Waals surface area contributed by atoms with E-state index in [1.54, 1.807) is 0 Å². The van der Waals surface area contributed by atoms with Gasteiger partial charge in [0, 0.05) is 0 Å². The Labute approximate surface area is 131 Å². The summed E-state index contributed by atoms with van der Waals surface area (Å²) in [6, 6.07) is 14.9. The topological polar surface area (TPSA) is 129 Å². The summed E-state index contributed by atoms with van der Waals surface area (Å²) >= 11 is 0. The summed E-state index contributed by atoms with van der Waals surface area (Å²) in [6.07, 6.45) is -2.37. The van der Waals surface area contributed by atoms with Crippen molar-refractivity contribution in [2.45, 2.75) is 12.2 Å². The van der Waals surface area contributed by atoms with Crippen LogP contribution in [0, 0.1) is 0 Å². The molecule has 0 fully saturated rings. The smallest absolute Gasteiger partial charge is 0.145 e. The maximum Gasteiger partial charge on any atom is 0.145 e. The summed E-state index contributed by atoms with van der Waals surface area (Å²) < 4.78 is 0. The molecule has 4 rings (SSSR count). The summed E-state index contributed by atoms with van der Waals surface area (Å²) in [5, 5.41) is 20.7. The molecule has 2 aromatic carbocycles. The van der Waals surface area contributed by atoms with Crippen molar-refractivity contribution in [1.29, 1.82) is 0 Å². The Hall–Kier alpha value is -2.74. The van der Waals surface area contributed by atoms with Crippen molar-refractivity contribution in [3.05, 3.63) is 60.2 Å². The lowest BCUT2D eigenvalue weighted by Crippen LogP contribution is -2.13. The van der Waals surface area contributed by atoms with Crippen molar-refractivity contribution in [2.24, 2.45) is 0 Å². The summed E-state index contributed by atoms with van der Waals surface area (Å²) in [5.41, 5.74) is 3.11. The number of nitrogens with zero attached hydrogens (tertiary/aromatic N) is 2. The van der Waals surface area contributed by atoms with Gasteiger partial charge in [0.05, 0.1) is 22.1 Å². The zero-order valence-corrected chi connectivity index (χ0v) is 12.1. The SMILES string of the molecule is O.OC(c1nc2ccccc2[nH]1)C(O)c1nc2ccccc2[nH]1. The number of aromatic nitrogens is 4. The molecule has 2 heterocycles. The highest BCUT2D eigenvalue weighted by Crippen LogP contribution is 2.28. The highest BCUT2D eigenvalue weighted by atomic mass is 16.3. The molecule has 0 saturated heterocycles. The average molecular weight is 312 g/mol. The number of H-pyrrole nitrogens is 2. The number of fused-ring (bicyclic) bond motifs is 2. The third-order valence-electron chi connectivity index (χ3n) is 3.67. The van der Waals surface area contributed by atoms with Crippen LogP contribution in [0.25, 0.3) is 22.1 Å². The Morgan fingerprint density at radius 3 is 1.48 bits per heavy atom. The van der Waals surface area contributed by atoms with Crippen molar-refractivity contribution in [3.8, 4) is 0 Å². The molecule has 0 amide bonds. The predicted molar refractivity (Wildman–Crippen MR) is 85.7 cm³/mol. The van der Waals surface area contributed by atoms with E-state index >= 15 is 0 Å². The first-order valence-electron chi connectivity index (χ1n) is 6.98. The maximum absolute atomic E-state index is 10.4. The lowest BCUT2D eigenvalue weighted by molar-refractivity contribution is 0.00780. The summed E-state index contributed by atoms with van der Waals surface area (Å²) in [4.78, 5) is 14.6. The molecule has 2 unspecified atom stereocenters. The van der Waals surface area contributed by atoms with Crippen molar-refractivity contribution < 1.29 is 15.7 Å². The van der Waals surface area contributed by atoms with Crippen molar-refractivity contribution >= 4 is 22.1 Å². The second kappa shape index (κ2) is 5.81. The van der Waals surface area contributed by atoms with Crippen LogP contribution >= 0.6 is 0 Å². The molecule has 4 aromatic rings. The highest BCUT2D eigenvalue weighted by Gasteiger charge is 2.26. The van der Waals surface area contributed by atoms with Gasteiger partial charge in [-0.2, -0.15) is 0 Å². The number of hydrogen-bond acceptors (Lipinski definition) is 4. The number of nitrogens with one attached hydrogen (secondary N) is 2. The fourth-order valence-corrected chi connectivity index (χ4v) is 2.52. The van der Waals surface area contributed by atoms with E-state index in [-0.39, 0.29) is 5.48 Å². The van der Waals surface area contributed by atoms with Gasteiger partial charge >= 0.3 is 0 Å². The lowest BCUT2D eigenvalue weighted by atomic mass is 10.2. The molecule has 0 saturated carbocycles. The van der Waals surface area contributed by atoms with E-state index in [0.29, 0.717) is 11.6 Å². The number of benzene rings is 2. The molecule has 0 aliphatic carbocycles. The molecule has 23 heavy (non-hydrogen) atoms. The summed E-state index contributed by atoms with van der Waals surface area (Å²) in [6.45, 7) is 0. The molecular formula is C16H16N4O3. The van der Waals surface area contributed by atoms with E-state index in [1.165, 1.54) is 0 Å². The average Bonchev–Trinajstić information content (AvgIpc) is 3.16. The highest BCUT2D eigenvalue weighted by molar-refractivity contribution is 5.75. The first-order valence-corrected chi connectivity index (χ1v) is 6.98. The number of hydrogen-bond donors (Lipinski definition) is 4. The van der Waals surface area contributed by atoms with Crippen molar-refractivity contribution in [1.82, 2.24) is 19.9 Å². The van der Waals surface area contributed by atoms with Crippen LogP contribution in [0.15, 0.2) is 48.5 Å². The number of aliphatic hydroxyl groups is 2. The van der Waals surface area contributed by atoms with Gasteiger partial charge in [-0.25, -0.2) is 9.97 Å². The minimum absolute atomic E-state index is 0. The van der Waals surface area contributed by atoms with Crippen LogP contribution in [-0.4, -0.2) is 35.6 Å². The molecule has 7 heteroatoms. The molecule has 0 bridgehead atoms. The zero-order chi connectivity index (χ0) is 15.1. The van der Waals surface area contributed by atoms with Crippen LogP contribution in [-0.2, 0) is 0 Å². The zero-order valence-electron chi connectivity index (χ0n) is 12.1. The fraction of sp³-hybridized carbons (Fsp3) is 0.125. The van der Waals surface area contributed by atoms with Crippen LogP contribution < -0.4 is 0 Å². The Bertz CT molecular complexity index is 802. The van der Waals surface area contributed by atoms with E-state index in [1.807, 2.05) is 48.5 Å². The van der Waals surface area contributed by atoms with Gasteiger partial charge in [0.25, 0.3) is 0 Å². The minimum Gasteiger partial charge on any atom is -0.412 e. The van der Waals surface area contributed by atoms with Crippen LogP contribution in [0.2, 0.25) is 0 Å².